The summed E-state index contributed by atoms with van der Waals surface area (Å²) in [6, 6.07) is 0. The largest absolute Gasteiger partial charge is 0.449 e. The van der Waals surface area contributed by atoms with Crippen molar-refractivity contribution in [3.8, 4) is 0 Å². The summed E-state index contributed by atoms with van der Waals surface area (Å²) in [5.41, 5.74) is 4.64. The highest BCUT2D eigenvalue weighted by Crippen LogP contribution is 2.02. The Kier molecular flexibility index (Phi) is 5.09. The quantitative estimate of drug-likeness (QED) is 0.356. The lowest BCUT2D eigenvalue weighted by atomic mass is 10.9. The molecule has 2 N–H and O–H groups in total. The SMILES string of the molecule is NC(=O)OCCSS. The molecule has 5 heteroatoms. The zero-order chi connectivity index (χ0) is 6.41. The molecule has 0 aliphatic heterocycles. The van der Waals surface area contributed by atoms with Gasteiger partial charge in [-0.25, -0.2) is 4.79 Å². The molecule has 0 aromatic rings. The van der Waals surface area contributed by atoms with Gasteiger partial charge in [0.2, 0.25) is 0 Å². The minimum atomic E-state index is -0.729. The Morgan fingerprint density at radius 3 is 2.88 bits per heavy atom. The normalized spacial score (nSPS) is 8.62. The molecule has 0 aliphatic carbocycles. The van der Waals surface area contributed by atoms with Crippen molar-refractivity contribution in [1.29, 1.82) is 0 Å². The molecule has 3 nitrogen and oxygen atoms in total. The Bertz CT molecular complexity index is 77.7. The van der Waals surface area contributed by atoms with Crippen molar-refractivity contribution in [2.24, 2.45) is 5.73 Å². The van der Waals surface area contributed by atoms with Crippen molar-refractivity contribution in [1.82, 2.24) is 0 Å². The molecule has 0 bridgehead atoms. The van der Waals surface area contributed by atoms with Crippen LogP contribution in [0.1, 0.15) is 0 Å². The molecule has 0 aromatic heterocycles. The second-order valence-electron chi connectivity index (χ2n) is 1.00. The Morgan fingerprint density at radius 1 is 1.88 bits per heavy atom. The van der Waals surface area contributed by atoms with E-state index in [9.17, 15) is 4.79 Å². The van der Waals surface area contributed by atoms with Gasteiger partial charge in [0.25, 0.3) is 0 Å². The van der Waals surface area contributed by atoms with Crippen LogP contribution in [0.15, 0.2) is 0 Å². The van der Waals surface area contributed by atoms with Gasteiger partial charge in [-0.3, -0.25) is 0 Å². The number of nitrogens with two attached hydrogens (primary N) is 1. The summed E-state index contributed by atoms with van der Waals surface area (Å²) in [7, 11) is 1.31. The van der Waals surface area contributed by atoms with E-state index < -0.39 is 6.09 Å². The second-order valence-corrected chi connectivity index (χ2v) is 2.44. The standard InChI is InChI=1S/C3H7NO2S2/c4-3(5)6-1-2-8-7/h7H,1-2H2,(H2,4,5). The van der Waals surface area contributed by atoms with Gasteiger partial charge in [-0.1, -0.05) is 10.8 Å². The Balaban J connectivity index is 2.82. The van der Waals surface area contributed by atoms with Crippen molar-refractivity contribution in [2.75, 3.05) is 12.4 Å². The molecule has 0 saturated carbocycles. The molecule has 0 fully saturated rings. The first-order chi connectivity index (χ1) is 3.77. The summed E-state index contributed by atoms with van der Waals surface area (Å²) in [5, 5.41) is 0. The fraction of sp³-hybridized carbons (Fsp3) is 0.667. The number of thiol groups is 1. The lowest BCUT2D eigenvalue weighted by Gasteiger charge is -1.95. The van der Waals surface area contributed by atoms with Crippen molar-refractivity contribution < 1.29 is 9.53 Å². The predicted molar refractivity (Wildman–Crippen MR) is 37.0 cm³/mol. The maximum atomic E-state index is 9.84. The van der Waals surface area contributed by atoms with Crippen LogP contribution in [0.5, 0.6) is 0 Å². The van der Waals surface area contributed by atoms with E-state index in [1.807, 2.05) is 0 Å². The molecular formula is C3H7NO2S2. The molecule has 0 spiro atoms. The molecule has 0 radical (unpaired) electrons. The summed E-state index contributed by atoms with van der Waals surface area (Å²) < 4.78 is 4.35. The lowest BCUT2D eigenvalue weighted by Crippen LogP contribution is -2.14. The summed E-state index contributed by atoms with van der Waals surface area (Å²) in [5.74, 6) is 0.673. The van der Waals surface area contributed by atoms with Gasteiger partial charge >= 0.3 is 6.09 Å². The van der Waals surface area contributed by atoms with Gasteiger partial charge < -0.3 is 10.5 Å². The summed E-state index contributed by atoms with van der Waals surface area (Å²) in [6.45, 7) is 0.337. The molecule has 0 atom stereocenters. The molecule has 0 aliphatic rings. The average molecular weight is 153 g/mol. The molecular weight excluding hydrogens is 146 g/mol. The van der Waals surface area contributed by atoms with Crippen LogP contribution in [0, 0.1) is 0 Å². The van der Waals surface area contributed by atoms with E-state index in [1.165, 1.54) is 10.8 Å². The maximum absolute atomic E-state index is 9.84. The van der Waals surface area contributed by atoms with Gasteiger partial charge in [0, 0.05) is 5.75 Å². The van der Waals surface area contributed by atoms with Crippen molar-refractivity contribution in [2.45, 2.75) is 0 Å². The first kappa shape index (κ1) is 7.97. The van der Waals surface area contributed by atoms with E-state index in [-0.39, 0.29) is 0 Å². The maximum Gasteiger partial charge on any atom is 0.404 e. The number of primary amides is 1. The number of hydrogen-bond acceptors (Lipinski definition) is 4. The zero-order valence-corrected chi connectivity index (χ0v) is 5.87. The van der Waals surface area contributed by atoms with Crippen molar-refractivity contribution in [3.63, 3.8) is 0 Å². The third-order valence-corrected chi connectivity index (χ3v) is 1.32. The number of ether oxygens (including phenoxy) is 1. The van der Waals surface area contributed by atoms with Gasteiger partial charge in [-0.15, -0.1) is 11.7 Å². The molecule has 0 unspecified atom stereocenters. The van der Waals surface area contributed by atoms with E-state index >= 15 is 0 Å². The Morgan fingerprint density at radius 2 is 2.50 bits per heavy atom. The number of carbonyl (C=O) groups is 1. The van der Waals surface area contributed by atoms with E-state index in [1.54, 1.807) is 0 Å². The van der Waals surface area contributed by atoms with Crippen LogP contribution >= 0.6 is 22.5 Å². The topological polar surface area (TPSA) is 52.3 Å². The van der Waals surface area contributed by atoms with Crippen molar-refractivity contribution >= 4 is 28.5 Å². The molecule has 0 rings (SSSR count). The third-order valence-electron chi connectivity index (χ3n) is 0.419. The summed E-state index contributed by atoms with van der Waals surface area (Å²) >= 11 is 3.81. The highest BCUT2D eigenvalue weighted by Gasteiger charge is 1.89. The number of carbonyl (C=O) groups excluding carboxylic acids is 1. The highest BCUT2D eigenvalue weighted by atomic mass is 33.1. The predicted octanol–water partition coefficient (Wildman–Crippen LogP) is 0.660. The van der Waals surface area contributed by atoms with Crippen LogP contribution < -0.4 is 5.73 Å². The van der Waals surface area contributed by atoms with E-state index in [4.69, 9.17) is 0 Å². The Hall–Kier alpha value is -0.0300. The van der Waals surface area contributed by atoms with Crippen molar-refractivity contribution in [3.05, 3.63) is 0 Å². The zero-order valence-electron chi connectivity index (χ0n) is 4.16. The molecule has 0 saturated heterocycles. The van der Waals surface area contributed by atoms with E-state index in [0.717, 1.165) is 0 Å². The number of amides is 1. The van der Waals surface area contributed by atoms with Gasteiger partial charge in [0.15, 0.2) is 0 Å². The number of rotatable bonds is 3. The van der Waals surface area contributed by atoms with Crippen LogP contribution in [0.3, 0.4) is 0 Å². The molecule has 48 valence electrons. The highest BCUT2D eigenvalue weighted by molar-refractivity contribution is 8.68. The monoisotopic (exact) mass is 153 g/mol. The van der Waals surface area contributed by atoms with Crippen LogP contribution in [-0.2, 0) is 4.74 Å². The van der Waals surface area contributed by atoms with Gasteiger partial charge in [-0.2, -0.15) is 0 Å². The summed E-state index contributed by atoms with van der Waals surface area (Å²) in [4.78, 5) is 9.84. The Labute approximate surface area is 56.8 Å². The minimum absolute atomic E-state index is 0.337. The van der Waals surface area contributed by atoms with Gasteiger partial charge in [-0.05, 0) is 0 Å². The summed E-state index contributed by atoms with van der Waals surface area (Å²) in [6.07, 6.45) is -0.729. The lowest BCUT2D eigenvalue weighted by molar-refractivity contribution is 0.164. The smallest absolute Gasteiger partial charge is 0.404 e. The minimum Gasteiger partial charge on any atom is -0.449 e. The fourth-order valence-electron chi connectivity index (χ4n) is 0.180. The molecule has 0 heterocycles. The molecule has 0 aromatic carbocycles. The number of hydrogen-bond donors (Lipinski definition) is 2. The van der Waals surface area contributed by atoms with E-state index in [2.05, 4.69) is 22.1 Å². The first-order valence-corrected chi connectivity index (χ1v) is 3.99. The van der Waals surface area contributed by atoms with Crippen LogP contribution in [0.2, 0.25) is 0 Å². The van der Waals surface area contributed by atoms with Crippen LogP contribution in [-0.4, -0.2) is 18.5 Å². The second kappa shape index (κ2) is 5.11. The molecule has 1 amide bonds. The van der Waals surface area contributed by atoms with E-state index in [0.29, 0.717) is 12.4 Å². The first-order valence-electron chi connectivity index (χ1n) is 1.96. The average Bonchev–Trinajstić information content (AvgIpc) is 1.66. The molecule has 8 heavy (non-hydrogen) atoms. The van der Waals surface area contributed by atoms with Gasteiger partial charge in [0.05, 0.1) is 0 Å². The van der Waals surface area contributed by atoms with Crippen LogP contribution in [0.25, 0.3) is 0 Å². The third kappa shape index (κ3) is 5.97. The van der Waals surface area contributed by atoms with Gasteiger partial charge in [0.1, 0.15) is 6.61 Å². The fourth-order valence-corrected chi connectivity index (χ4v) is 0.561. The van der Waals surface area contributed by atoms with Crippen LogP contribution in [0.4, 0.5) is 4.79 Å².